The van der Waals surface area contributed by atoms with Gasteiger partial charge in [-0.05, 0) is 13.0 Å². The number of alkyl halides is 3. The lowest BCUT2D eigenvalue weighted by Crippen LogP contribution is -2.47. The number of piperidine rings is 1. The highest BCUT2D eigenvalue weighted by molar-refractivity contribution is 5.85. The maximum absolute atomic E-state index is 12.2. The summed E-state index contributed by atoms with van der Waals surface area (Å²) in [7, 11) is 0. The zero-order valence-corrected chi connectivity index (χ0v) is 7.99. The third-order valence-corrected chi connectivity index (χ3v) is 2.22. The molecule has 84 valence electrons. The summed E-state index contributed by atoms with van der Waals surface area (Å²) >= 11 is 0. The van der Waals surface area contributed by atoms with Gasteiger partial charge >= 0.3 is 12.1 Å². The summed E-state index contributed by atoms with van der Waals surface area (Å²) in [6.07, 6.45) is -4.38. The maximum Gasteiger partial charge on any atom is 0.393 e. The van der Waals surface area contributed by atoms with Crippen LogP contribution in [0.15, 0.2) is 0 Å². The molecule has 0 aromatic heterocycles. The number of nitrogens with one attached hydrogen (secondary N) is 1. The summed E-state index contributed by atoms with van der Waals surface area (Å²) in [6.45, 7) is 0.0456. The van der Waals surface area contributed by atoms with E-state index in [1.165, 1.54) is 0 Å². The van der Waals surface area contributed by atoms with Crippen molar-refractivity contribution in [1.82, 2.24) is 5.32 Å². The summed E-state index contributed by atoms with van der Waals surface area (Å²) in [4.78, 5) is 10.5. The van der Waals surface area contributed by atoms with Crippen LogP contribution in [-0.4, -0.2) is 30.3 Å². The molecular weight excluding hydrogens is 223 g/mol. The van der Waals surface area contributed by atoms with E-state index in [0.717, 1.165) is 0 Å². The van der Waals surface area contributed by atoms with Gasteiger partial charge in [0.1, 0.15) is 0 Å². The highest BCUT2D eigenvalue weighted by Crippen LogP contribution is 2.34. The van der Waals surface area contributed by atoms with Gasteiger partial charge in [-0.25, -0.2) is 0 Å². The molecule has 0 aliphatic carbocycles. The zero-order valence-electron chi connectivity index (χ0n) is 7.17. The molecule has 2 N–H and O–H groups in total. The van der Waals surface area contributed by atoms with Crippen LogP contribution in [0.1, 0.15) is 6.42 Å². The van der Waals surface area contributed by atoms with Crippen molar-refractivity contribution in [3.8, 4) is 0 Å². The first-order chi connectivity index (χ1) is 5.93. The number of hydrogen-bond donors (Lipinski definition) is 2. The minimum Gasteiger partial charge on any atom is -0.481 e. The largest absolute Gasteiger partial charge is 0.481 e. The average Bonchev–Trinajstić information content (AvgIpc) is 2.03. The number of hydrogen-bond acceptors (Lipinski definition) is 2. The molecule has 0 amide bonds. The van der Waals surface area contributed by atoms with Crippen molar-refractivity contribution in [2.75, 3.05) is 13.1 Å². The fourth-order valence-corrected chi connectivity index (χ4v) is 1.50. The van der Waals surface area contributed by atoms with E-state index >= 15 is 0 Å². The second-order valence-electron chi connectivity index (χ2n) is 3.09. The normalized spacial score (nSPS) is 27.9. The molecule has 7 heteroatoms. The van der Waals surface area contributed by atoms with Crippen molar-refractivity contribution in [3.63, 3.8) is 0 Å². The molecule has 0 aromatic rings. The Balaban J connectivity index is 0.00000169. The van der Waals surface area contributed by atoms with Crippen molar-refractivity contribution in [2.24, 2.45) is 11.8 Å². The molecule has 0 saturated carbocycles. The number of rotatable bonds is 1. The van der Waals surface area contributed by atoms with E-state index < -0.39 is 24.0 Å². The molecule has 0 aromatic carbocycles. The van der Waals surface area contributed by atoms with Crippen LogP contribution < -0.4 is 5.32 Å². The summed E-state index contributed by atoms with van der Waals surface area (Å²) in [5, 5.41) is 11.1. The van der Waals surface area contributed by atoms with Crippen molar-refractivity contribution in [1.29, 1.82) is 0 Å². The summed E-state index contributed by atoms with van der Waals surface area (Å²) < 4.78 is 36.7. The lowest BCUT2D eigenvalue weighted by molar-refractivity contribution is -0.199. The van der Waals surface area contributed by atoms with Gasteiger partial charge in [0.15, 0.2) is 0 Å². The zero-order chi connectivity index (χ0) is 10.1. The first-order valence-electron chi connectivity index (χ1n) is 3.93. The molecule has 1 rings (SSSR count). The van der Waals surface area contributed by atoms with E-state index in [1.807, 2.05) is 0 Å². The molecule has 1 heterocycles. The fraction of sp³-hybridized carbons (Fsp3) is 0.857. The van der Waals surface area contributed by atoms with Crippen molar-refractivity contribution < 1.29 is 23.1 Å². The first kappa shape index (κ1) is 13.5. The van der Waals surface area contributed by atoms with Gasteiger partial charge in [0.2, 0.25) is 0 Å². The molecule has 0 spiro atoms. The van der Waals surface area contributed by atoms with E-state index in [1.54, 1.807) is 0 Å². The SMILES string of the molecule is Cl.O=C(O)C1CCNCC1C(F)(F)F. The number of carboxylic acids is 1. The Morgan fingerprint density at radius 2 is 2.00 bits per heavy atom. The molecule has 1 saturated heterocycles. The van der Waals surface area contributed by atoms with Crippen LogP contribution in [0, 0.1) is 11.8 Å². The molecular formula is C7H11ClF3NO2. The molecule has 0 radical (unpaired) electrons. The highest BCUT2D eigenvalue weighted by Gasteiger charge is 2.48. The molecule has 3 nitrogen and oxygen atoms in total. The third-order valence-electron chi connectivity index (χ3n) is 2.22. The summed E-state index contributed by atoms with van der Waals surface area (Å²) in [6, 6.07) is 0. The van der Waals surface area contributed by atoms with Gasteiger partial charge in [-0.3, -0.25) is 4.79 Å². The first-order valence-corrected chi connectivity index (χ1v) is 3.93. The Morgan fingerprint density at radius 1 is 1.43 bits per heavy atom. The second kappa shape index (κ2) is 4.84. The molecule has 2 atom stereocenters. The second-order valence-corrected chi connectivity index (χ2v) is 3.09. The Morgan fingerprint density at radius 3 is 2.36 bits per heavy atom. The van der Waals surface area contributed by atoms with Gasteiger partial charge in [0.25, 0.3) is 0 Å². The predicted molar refractivity (Wildman–Crippen MR) is 45.4 cm³/mol. The lowest BCUT2D eigenvalue weighted by atomic mass is 9.86. The number of carboxylic acid groups (broad SMARTS) is 1. The van der Waals surface area contributed by atoms with Gasteiger partial charge in [0.05, 0.1) is 11.8 Å². The van der Waals surface area contributed by atoms with Gasteiger partial charge in [-0.2, -0.15) is 13.2 Å². The van der Waals surface area contributed by atoms with Crippen LogP contribution in [0.25, 0.3) is 0 Å². The molecule has 1 fully saturated rings. The van der Waals surface area contributed by atoms with Gasteiger partial charge < -0.3 is 10.4 Å². The fourth-order valence-electron chi connectivity index (χ4n) is 1.50. The smallest absolute Gasteiger partial charge is 0.393 e. The Bertz CT molecular complexity index is 210. The average molecular weight is 234 g/mol. The number of aliphatic carboxylic acids is 1. The van der Waals surface area contributed by atoms with Crippen molar-refractivity contribution in [3.05, 3.63) is 0 Å². The van der Waals surface area contributed by atoms with Crippen LogP contribution in [0.3, 0.4) is 0 Å². The monoisotopic (exact) mass is 233 g/mol. The third kappa shape index (κ3) is 3.02. The predicted octanol–water partition coefficient (Wildman–Crippen LogP) is 1.28. The molecule has 0 bridgehead atoms. The lowest BCUT2D eigenvalue weighted by Gasteiger charge is -2.30. The van der Waals surface area contributed by atoms with Crippen LogP contribution >= 0.6 is 12.4 Å². The number of carbonyl (C=O) groups is 1. The van der Waals surface area contributed by atoms with Gasteiger partial charge in [0, 0.05) is 6.54 Å². The maximum atomic E-state index is 12.2. The van der Waals surface area contributed by atoms with Gasteiger partial charge in [-0.15, -0.1) is 12.4 Å². The van der Waals surface area contributed by atoms with Crippen LogP contribution in [0.2, 0.25) is 0 Å². The molecule has 1 aliphatic rings. The minimum absolute atomic E-state index is 0. The van der Waals surface area contributed by atoms with Crippen molar-refractivity contribution in [2.45, 2.75) is 12.6 Å². The molecule has 14 heavy (non-hydrogen) atoms. The van der Waals surface area contributed by atoms with Crippen LogP contribution in [0.5, 0.6) is 0 Å². The number of halogens is 4. The molecule has 1 aliphatic heterocycles. The van der Waals surface area contributed by atoms with Crippen molar-refractivity contribution >= 4 is 18.4 Å². The standard InChI is InChI=1S/C7H10F3NO2.ClH/c8-7(9,10)5-3-11-2-1-4(5)6(12)13;/h4-5,11H,1-3H2,(H,12,13);1H. The van der Waals surface area contributed by atoms with E-state index in [-0.39, 0.29) is 25.4 Å². The van der Waals surface area contributed by atoms with Crippen LogP contribution in [0.4, 0.5) is 13.2 Å². The Hall–Kier alpha value is -0.490. The quantitative estimate of drug-likeness (QED) is 0.717. The molecule has 2 unspecified atom stereocenters. The Kier molecular flexibility index (Phi) is 4.67. The van der Waals surface area contributed by atoms with E-state index in [0.29, 0.717) is 6.54 Å². The van der Waals surface area contributed by atoms with E-state index in [4.69, 9.17) is 5.11 Å². The Labute approximate surface area is 85.1 Å². The van der Waals surface area contributed by atoms with E-state index in [2.05, 4.69) is 5.32 Å². The highest BCUT2D eigenvalue weighted by atomic mass is 35.5. The topological polar surface area (TPSA) is 49.3 Å². The van der Waals surface area contributed by atoms with E-state index in [9.17, 15) is 18.0 Å². The van der Waals surface area contributed by atoms with Crippen LogP contribution in [-0.2, 0) is 4.79 Å². The summed E-state index contributed by atoms with van der Waals surface area (Å²) in [5.74, 6) is -4.40. The minimum atomic E-state index is -4.42. The van der Waals surface area contributed by atoms with Gasteiger partial charge in [-0.1, -0.05) is 0 Å². The summed E-state index contributed by atoms with van der Waals surface area (Å²) in [5.41, 5.74) is 0.